The van der Waals surface area contributed by atoms with Crippen molar-refractivity contribution in [2.75, 3.05) is 25.6 Å². The molecule has 1 aromatic rings. The first-order valence-corrected chi connectivity index (χ1v) is 7.21. The Kier molecular flexibility index (Phi) is 7.65. The minimum atomic E-state index is -0.102. The first kappa shape index (κ1) is 16.4. The zero-order valence-corrected chi connectivity index (χ0v) is 12.6. The summed E-state index contributed by atoms with van der Waals surface area (Å²) in [6.45, 7) is 5.59. The molecular formula is C15H25N3O2. The van der Waals surface area contributed by atoms with Crippen molar-refractivity contribution in [1.29, 1.82) is 0 Å². The lowest BCUT2D eigenvalue weighted by molar-refractivity contribution is 0.0891. The van der Waals surface area contributed by atoms with Crippen LogP contribution >= 0.6 is 0 Å². The number of aromatic nitrogens is 1. The second-order valence-electron chi connectivity index (χ2n) is 4.77. The molecule has 1 rings (SSSR count). The van der Waals surface area contributed by atoms with Crippen LogP contribution in [0, 0.1) is 0 Å². The van der Waals surface area contributed by atoms with Gasteiger partial charge in [0.25, 0.3) is 5.91 Å². The zero-order chi connectivity index (χ0) is 14.8. The highest BCUT2D eigenvalue weighted by Gasteiger charge is 2.13. The maximum atomic E-state index is 12.1. The summed E-state index contributed by atoms with van der Waals surface area (Å²) >= 11 is 0. The van der Waals surface area contributed by atoms with Crippen molar-refractivity contribution in [2.24, 2.45) is 0 Å². The van der Waals surface area contributed by atoms with Crippen LogP contribution in [-0.2, 0) is 4.74 Å². The molecule has 0 saturated heterocycles. The fraction of sp³-hybridized carbons (Fsp3) is 0.600. The standard InChI is InChI=1S/C15H25N3O2/c1-4-6-13(11-20-3)18-15(19)12-7-8-14(17-10-12)16-9-5-2/h7-8,10,13H,4-6,9,11H2,1-3H3,(H,16,17)(H,18,19). The lowest BCUT2D eigenvalue weighted by Gasteiger charge is -2.17. The van der Waals surface area contributed by atoms with E-state index in [1.165, 1.54) is 0 Å². The van der Waals surface area contributed by atoms with Crippen molar-refractivity contribution in [2.45, 2.75) is 39.2 Å². The smallest absolute Gasteiger partial charge is 0.253 e. The van der Waals surface area contributed by atoms with Gasteiger partial charge in [0.2, 0.25) is 0 Å². The van der Waals surface area contributed by atoms with Gasteiger partial charge in [-0.2, -0.15) is 0 Å². The summed E-state index contributed by atoms with van der Waals surface area (Å²) in [7, 11) is 1.64. The number of rotatable bonds is 9. The van der Waals surface area contributed by atoms with E-state index in [1.54, 1.807) is 19.4 Å². The van der Waals surface area contributed by atoms with Crippen molar-refractivity contribution in [1.82, 2.24) is 10.3 Å². The van der Waals surface area contributed by atoms with E-state index in [4.69, 9.17) is 4.74 Å². The number of hydrogen-bond acceptors (Lipinski definition) is 4. The van der Waals surface area contributed by atoms with E-state index in [0.717, 1.165) is 31.6 Å². The summed E-state index contributed by atoms with van der Waals surface area (Å²) in [5.74, 6) is 0.695. The van der Waals surface area contributed by atoms with E-state index in [-0.39, 0.29) is 11.9 Å². The van der Waals surface area contributed by atoms with Gasteiger partial charge in [0.05, 0.1) is 18.2 Å². The first-order chi connectivity index (χ1) is 9.71. The normalized spacial score (nSPS) is 11.9. The molecule has 112 valence electrons. The molecule has 0 bridgehead atoms. The summed E-state index contributed by atoms with van der Waals surface area (Å²) in [5, 5.41) is 6.15. The van der Waals surface area contributed by atoms with Crippen molar-refractivity contribution in [3.05, 3.63) is 23.9 Å². The van der Waals surface area contributed by atoms with E-state index in [1.807, 2.05) is 6.07 Å². The molecule has 1 unspecified atom stereocenters. The number of ether oxygens (including phenoxy) is 1. The Morgan fingerprint density at radius 3 is 2.70 bits per heavy atom. The molecule has 0 spiro atoms. The highest BCUT2D eigenvalue weighted by molar-refractivity contribution is 5.94. The van der Waals surface area contributed by atoms with Gasteiger partial charge in [0.15, 0.2) is 0 Å². The van der Waals surface area contributed by atoms with Gasteiger partial charge in [-0.1, -0.05) is 20.3 Å². The van der Waals surface area contributed by atoms with Gasteiger partial charge in [-0.05, 0) is 25.0 Å². The molecule has 0 aliphatic heterocycles. The molecule has 0 aliphatic rings. The Bertz CT molecular complexity index is 387. The van der Waals surface area contributed by atoms with Crippen LogP contribution in [0.2, 0.25) is 0 Å². The maximum absolute atomic E-state index is 12.1. The van der Waals surface area contributed by atoms with Crippen LogP contribution in [-0.4, -0.2) is 37.2 Å². The molecular weight excluding hydrogens is 254 g/mol. The third-order valence-corrected chi connectivity index (χ3v) is 2.92. The average Bonchev–Trinajstić information content (AvgIpc) is 2.46. The summed E-state index contributed by atoms with van der Waals surface area (Å²) in [6, 6.07) is 3.67. The van der Waals surface area contributed by atoms with Crippen molar-refractivity contribution in [3.63, 3.8) is 0 Å². The Balaban J connectivity index is 2.57. The Hall–Kier alpha value is -1.62. The molecule has 5 heteroatoms. The highest BCUT2D eigenvalue weighted by atomic mass is 16.5. The van der Waals surface area contributed by atoms with Gasteiger partial charge in [0, 0.05) is 19.9 Å². The van der Waals surface area contributed by atoms with Crippen LogP contribution in [0.25, 0.3) is 0 Å². The second kappa shape index (κ2) is 9.31. The number of carbonyl (C=O) groups is 1. The Morgan fingerprint density at radius 1 is 1.35 bits per heavy atom. The molecule has 1 amide bonds. The molecule has 20 heavy (non-hydrogen) atoms. The number of amides is 1. The maximum Gasteiger partial charge on any atom is 0.253 e. The Morgan fingerprint density at radius 2 is 2.15 bits per heavy atom. The fourth-order valence-corrected chi connectivity index (χ4v) is 1.90. The van der Waals surface area contributed by atoms with Crippen molar-refractivity contribution in [3.8, 4) is 0 Å². The number of pyridine rings is 1. The third kappa shape index (κ3) is 5.57. The van der Waals surface area contributed by atoms with Crippen LogP contribution in [0.3, 0.4) is 0 Å². The number of carbonyl (C=O) groups excluding carboxylic acids is 1. The van der Waals surface area contributed by atoms with Gasteiger partial charge in [-0.25, -0.2) is 4.98 Å². The van der Waals surface area contributed by atoms with Crippen molar-refractivity contribution < 1.29 is 9.53 Å². The topological polar surface area (TPSA) is 63.2 Å². The fourth-order valence-electron chi connectivity index (χ4n) is 1.90. The Labute approximate surface area is 121 Å². The number of nitrogens with zero attached hydrogens (tertiary/aromatic N) is 1. The zero-order valence-electron chi connectivity index (χ0n) is 12.6. The van der Waals surface area contributed by atoms with E-state index in [2.05, 4.69) is 29.5 Å². The lowest BCUT2D eigenvalue weighted by Crippen LogP contribution is -2.37. The minimum absolute atomic E-state index is 0.0513. The lowest BCUT2D eigenvalue weighted by atomic mass is 10.1. The summed E-state index contributed by atoms with van der Waals surface area (Å²) in [6.07, 6.45) is 4.55. The minimum Gasteiger partial charge on any atom is -0.383 e. The molecule has 0 saturated carbocycles. The third-order valence-electron chi connectivity index (χ3n) is 2.92. The largest absolute Gasteiger partial charge is 0.383 e. The van der Waals surface area contributed by atoms with Crippen molar-refractivity contribution >= 4 is 11.7 Å². The summed E-state index contributed by atoms with van der Waals surface area (Å²) < 4.78 is 5.12. The quantitative estimate of drug-likeness (QED) is 0.729. The monoisotopic (exact) mass is 279 g/mol. The van der Waals surface area contributed by atoms with Gasteiger partial charge in [-0.15, -0.1) is 0 Å². The summed E-state index contributed by atoms with van der Waals surface area (Å²) in [5.41, 5.74) is 0.573. The predicted octanol–water partition coefficient (Wildman–Crippen LogP) is 2.45. The average molecular weight is 279 g/mol. The van der Waals surface area contributed by atoms with E-state index in [9.17, 15) is 4.79 Å². The van der Waals surface area contributed by atoms with Crippen LogP contribution in [0.1, 0.15) is 43.5 Å². The van der Waals surface area contributed by atoms with Crippen LogP contribution in [0.5, 0.6) is 0 Å². The van der Waals surface area contributed by atoms with Crippen LogP contribution < -0.4 is 10.6 Å². The molecule has 0 fully saturated rings. The van der Waals surface area contributed by atoms with Gasteiger partial charge in [0.1, 0.15) is 5.82 Å². The number of nitrogens with one attached hydrogen (secondary N) is 2. The molecule has 0 aliphatic carbocycles. The number of methoxy groups -OCH3 is 1. The van der Waals surface area contributed by atoms with Gasteiger partial charge >= 0.3 is 0 Å². The predicted molar refractivity (Wildman–Crippen MR) is 81.1 cm³/mol. The molecule has 1 heterocycles. The molecule has 1 atom stereocenters. The first-order valence-electron chi connectivity index (χ1n) is 7.21. The van der Waals surface area contributed by atoms with Crippen LogP contribution in [0.15, 0.2) is 18.3 Å². The van der Waals surface area contributed by atoms with E-state index < -0.39 is 0 Å². The molecule has 1 aromatic heterocycles. The number of hydrogen-bond donors (Lipinski definition) is 2. The van der Waals surface area contributed by atoms with Crippen LogP contribution in [0.4, 0.5) is 5.82 Å². The van der Waals surface area contributed by atoms with E-state index in [0.29, 0.717) is 12.2 Å². The molecule has 0 aromatic carbocycles. The summed E-state index contributed by atoms with van der Waals surface area (Å²) in [4.78, 5) is 16.3. The molecule has 2 N–H and O–H groups in total. The molecule has 5 nitrogen and oxygen atoms in total. The van der Waals surface area contributed by atoms with E-state index >= 15 is 0 Å². The highest BCUT2D eigenvalue weighted by Crippen LogP contribution is 2.06. The number of anilines is 1. The molecule has 0 radical (unpaired) electrons. The van der Waals surface area contributed by atoms with Gasteiger partial charge < -0.3 is 15.4 Å². The van der Waals surface area contributed by atoms with Gasteiger partial charge in [-0.3, -0.25) is 4.79 Å². The SMILES string of the molecule is CCCNc1ccc(C(=O)NC(CCC)COC)cn1. The second-order valence-corrected chi connectivity index (χ2v) is 4.77.